The van der Waals surface area contributed by atoms with Crippen molar-refractivity contribution in [2.24, 2.45) is 5.73 Å². The fourth-order valence-corrected chi connectivity index (χ4v) is 1.13. The summed E-state index contributed by atoms with van der Waals surface area (Å²) in [4.78, 5) is 21.9. The molecule has 1 heterocycles. The van der Waals surface area contributed by atoms with Gasteiger partial charge in [-0.3, -0.25) is 10.1 Å². The third-order valence-corrected chi connectivity index (χ3v) is 1.59. The highest BCUT2D eigenvalue weighted by atomic mass is 16.2. The number of amides is 3. The number of urea groups is 1. The molecule has 0 spiro atoms. The number of imide groups is 1. The largest absolute Gasteiger partial charge is 0.340 e. The van der Waals surface area contributed by atoms with Gasteiger partial charge in [0.2, 0.25) is 5.91 Å². The van der Waals surface area contributed by atoms with Crippen LogP contribution in [0.2, 0.25) is 0 Å². The van der Waals surface area contributed by atoms with Crippen LogP contribution in [-0.4, -0.2) is 42.2 Å². The van der Waals surface area contributed by atoms with E-state index in [9.17, 15) is 9.59 Å². The zero-order valence-electron chi connectivity index (χ0n) is 7.07. The minimum atomic E-state index is -0.554. The van der Waals surface area contributed by atoms with Gasteiger partial charge in [-0.2, -0.15) is 0 Å². The van der Waals surface area contributed by atoms with Crippen molar-refractivity contribution in [2.45, 2.75) is 12.6 Å². The molecule has 1 saturated heterocycles. The van der Waals surface area contributed by atoms with Gasteiger partial charge in [-0.05, 0) is 0 Å². The normalized spacial score (nSPS) is 24.7. The van der Waals surface area contributed by atoms with Crippen LogP contribution in [-0.2, 0) is 4.79 Å². The Balaban J connectivity index is 2.73. The van der Waals surface area contributed by atoms with Crippen molar-refractivity contribution in [1.82, 2.24) is 15.3 Å². The minimum Gasteiger partial charge on any atom is -0.310 e. The van der Waals surface area contributed by atoms with Gasteiger partial charge in [0, 0.05) is 14.1 Å². The second kappa shape index (κ2) is 3.08. The summed E-state index contributed by atoms with van der Waals surface area (Å²) in [5, 5.41) is 5.01. The molecular weight excluding hydrogens is 160 g/mol. The van der Waals surface area contributed by atoms with Gasteiger partial charge < -0.3 is 5.73 Å². The summed E-state index contributed by atoms with van der Waals surface area (Å²) in [7, 11) is 3.38. The van der Waals surface area contributed by atoms with Crippen LogP contribution in [0.3, 0.4) is 0 Å². The molecule has 1 aliphatic heterocycles. The second-order valence-corrected chi connectivity index (χ2v) is 2.82. The molecule has 0 bridgehead atoms. The SMILES string of the molecule is CN(C)N1C(=O)NC(=O)CC1N. The zero-order chi connectivity index (χ0) is 9.30. The predicted molar refractivity (Wildman–Crippen MR) is 41.7 cm³/mol. The number of hydrogen-bond acceptors (Lipinski definition) is 4. The van der Waals surface area contributed by atoms with Crippen molar-refractivity contribution in [3.8, 4) is 0 Å². The van der Waals surface area contributed by atoms with Gasteiger partial charge >= 0.3 is 6.03 Å². The Labute approximate surface area is 70.3 Å². The first-order chi connectivity index (χ1) is 5.52. The molecule has 0 aromatic rings. The molecule has 0 aliphatic carbocycles. The fraction of sp³-hybridized carbons (Fsp3) is 0.667. The monoisotopic (exact) mass is 172 g/mol. The number of hydrazine groups is 1. The van der Waals surface area contributed by atoms with Crippen LogP contribution in [0.5, 0.6) is 0 Å². The Kier molecular flexibility index (Phi) is 2.30. The molecule has 0 aromatic heterocycles. The molecule has 1 aliphatic rings. The van der Waals surface area contributed by atoms with Gasteiger partial charge in [0.15, 0.2) is 0 Å². The molecule has 6 heteroatoms. The Morgan fingerprint density at radius 2 is 2.17 bits per heavy atom. The molecule has 12 heavy (non-hydrogen) atoms. The third kappa shape index (κ3) is 1.54. The number of hydrogen-bond donors (Lipinski definition) is 2. The van der Waals surface area contributed by atoms with Crippen LogP contribution in [0.4, 0.5) is 4.79 Å². The quantitative estimate of drug-likeness (QED) is 0.514. The molecule has 3 amide bonds. The van der Waals surface area contributed by atoms with E-state index >= 15 is 0 Å². The molecular formula is C6H12N4O2. The highest BCUT2D eigenvalue weighted by Crippen LogP contribution is 2.06. The topological polar surface area (TPSA) is 78.7 Å². The number of nitrogens with zero attached hydrogens (tertiary/aromatic N) is 2. The number of rotatable bonds is 1. The summed E-state index contributed by atoms with van der Waals surface area (Å²) in [6.07, 6.45) is -0.412. The Morgan fingerprint density at radius 1 is 1.58 bits per heavy atom. The summed E-state index contributed by atoms with van der Waals surface area (Å²) >= 11 is 0. The lowest BCUT2D eigenvalue weighted by Crippen LogP contribution is -2.62. The van der Waals surface area contributed by atoms with Gasteiger partial charge in [-0.1, -0.05) is 0 Å². The van der Waals surface area contributed by atoms with Crippen LogP contribution in [0.25, 0.3) is 0 Å². The molecule has 0 radical (unpaired) electrons. The maximum atomic E-state index is 11.1. The Hall–Kier alpha value is -1.14. The smallest absolute Gasteiger partial charge is 0.310 e. The van der Waals surface area contributed by atoms with Crippen molar-refractivity contribution in [2.75, 3.05) is 14.1 Å². The first-order valence-electron chi connectivity index (χ1n) is 3.58. The van der Waals surface area contributed by atoms with Gasteiger partial charge in [0.05, 0.1) is 6.42 Å². The van der Waals surface area contributed by atoms with E-state index in [-0.39, 0.29) is 12.3 Å². The number of nitrogens with two attached hydrogens (primary N) is 1. The molecule has 6 nitrogen and oxygen atoms in total. The summed E-state index contributed by atoms with van der Waals surface area (Å²) in [5.41, 5.74) is 5.56. The van der Waals surface area contributed by atoms with E-state index in [0.717, 1.165) is 0 Å². The third-order valence-electron chi connectivity index (χ3n) is 1.59. The lowest BCUT2D eigenvalue weighted by molar-refractivity contribution is -0.125. The van der Waals surface area contributed by atoms with Crippen molar-refractivity contribution >= 4 is 11.9 Å². The molecule has 3 N–H and O–H groups in total. The average Bonchev–Trinajstić information content (AvgIpc) is 1.82. The van der Waals surface area contributed by atoms with Crippen molar-refractivity contribution in [3.63, 3.8) is 0 Å². The molecule has 1 fully saturated rings. The maximum absolute atomic E-state index is 11.1. The number of carbonyl (C=O) groups is 2. The molecule has 68 valence electrons. The molecule has 1 atom stereocenters. The highest BCUT2D eigenvalue weighted by Gasteiger charge is 2.31. The van der Waals surface area contributed by atoms with Crippen LogP contribution in [0.15, 0.2) is 0 Å². The molecule has 1 rings (SSSR count). The Bertz CT molecular complexity index is 216. The second-order valence-electron chi connectivity index (χ2n) is 2.82. The lowest BCUT2D eigenvalue weighted by Gasteiger charge is -2.36. The van der Waals surface area contributed by atoms with Crippen LogP contribution >= 0.6 is 0 Å². The molecule has 1 unspecified atom stereocenters. The lowest BCUT2D eigenvalue weighted by atomic mass is 10.3. The van der Waals surface area contributed by atoms with Gasteiger partial charge in [0.25, 0.3) is 0 Å². The fourth-order valence-electron chi connectivity index (χ4n) is 1.13. The summed E-state index contributed by atoms with van der Waals surface area (Å²) in [6.45, 7) is 0. The van der Waals surface area contributed by atoms with Gasteiger partial charge in [-0.25, -0.2) is 14.8 Å². The van der Waals surface area contributed by atoms with Crippen LogP contribution in [0, 0.1) is 0 Å². The minimum absolute atomic E-state index is 0.143. The van der Waals surface area contributed by atoms with E-state index in [1.54, 1.807) is 19.1 Å². The van der Waals surface area contributed by atoms with Gasteiger partial charge in [0.1, 0.15) is 6.17 Å². The average molecular weight is 172 g/mol. The van der Waals surface area contributed by atoms with E-state index in [2.05, 4.69) is 5.32 Å². The van der Waals surface area contributed by atoms with Gasteiger partial charge in [-0.15, -0.1) is 0 Å². The van der Waals surface area contributed by atoms with Crippen molar-refractivity contribution < 1.29 is 9.59 Å². The van der Waals surface area contributed by atoms with E-state index in [4.69, 9.17) is 5.73 Å². The summed E-state index contributed by atoms with van der Waals surface area (Å²) in [6, 6.07) is -0.469. The van der Waals surface area contributed by atoms with Crippen LogP contribution < -0.4 is 11.1 Å². The predicted octanol–water partition coefficient (Wildman–Crippen LogP) is -1.31. The van der Waals surface area contributed by atoms with E-state index in [0.29, 0.717) is 0 Å². The van der Waals surface area contributed by atoms with Crippen LogP contribution in [0.1, 0.15) is 6.42 Å². The molecule has 0 aromatic carbocycles. The van der Waals surface area contributed by atoms with Crippen molar-refractivity contribution in [3.05, 3.63) is 0 Å². The summed E-state index contributed by atoms with van der Waals surface area (Å²) < 4.78 is 0. The number of nitrogens with one attached hydrogen (secondary N) is 1. The van der Waals surface area contributed by atoms with E-state index in [1.165, 1.54) is 5.01 Å². The van der Waals surface area contributed by atoms with E-state index in [1.807, 2.05) is 0 Å². The molecule has 0 saturated carbocycles. The Morgan fingerprint density at radius 3 is 2.58 bits per heavy atom. The standard InChI is InChI=1S/C6H12N4O2/c1-9(2)10-4(7)3-5(11)8-6(10)12/h4H,3,7H2,1-2H3,(H,8,11,12). The maximum Gasteiger partial charge on any atom is 0.340 e. The zero-order valence-corrected chi connectivity index (χ0v) is 7.07. The van der Waals surface area contributed by atoms with Crippen molar-refractivity contribution in [1.29, 1.82) is 0 Å². The van der Waals surface area contributed by atoms with E-state index < -0.39 is 12.2 Å². The number of carbonyl (C=O) groups excluding carboxylic acids is 2. The highest BCUT2D eigenvalue weighted by molar-refractivity contribution is 5.96. The summed E-state index contributed by atoms with van der Waals surface area (Å²) in [5.74, 6) is -0.328. The first kappa shape index (κ1) is 8.95. The first-order valence-corrected chi connectivity index (χ1v) is 3.58.